The molecule has 0 aromatic heterocycles. The molecule has 27 nitrogen and oxygen atoms in total. The average molecular weight is 1050 g/mol. The van der Waals surface area contributed by atoms with Crippen LogP contribution in [0.4, 0.5) is 0 Å². The van der Waals surface area contributed by atoms with Crippen LogP contribution in [0.25, 0.3) is 24.3 Å². The topological polar surface area (TPSA) is 510 Å². The van der Waals surface area contributed by atoms with E-state index < -0.39 is 140 Å². The van der Waals surface area contributed by atoms with Crippen LogP contribution in [0.15, 0.2) is 97.1 Å². The minimum atomic E-state index is -5.02. The highest BCUT2D eigenvalue weighted by Gasteiger charge is 2.71. The molecular weight excluding hydrogens is 1010 g/mol. The molecule has 0 saturated heterocycles. The van der Waals surface area contributed by atoms with Crippen LogP contribution in [-0.2, 0) is 43.1 Å². The van der Waals surface area contributed by atoms with Gasteiger partial charge in [-0.15, -0.1) is 0 Å². The van der Waals surface area contributed by atoms with Gasteiger partial charge in [-0.3, -0.25) is 19.2 Å². The summed E-state index contributed by atoms with van der Waals surface area (Å²) in [6, 6.07) is 9.92. The van der Waals surface area contributed by atoms with E-state index >= 15 is 0 Å². The van der Waals surface area contributed by atoms with E-state index in [-0.39, 0.29) is 46.6 Å². The van der Waals surface area contributed by atoms with Crippen molar-refractivity contribution in [3.05, 3.63) is 119 Å². The molecule has 4 aromatic carbocycles. The summed E-state index contributed by atoms with van der Waals surface area (Å²) < 4.78 is 4.71. The number of carbonyl (C=O) groups excluding carboxylic acids is 5. The summed E-state index contributed by atoms with van der Waals surface area (Å²) in [5.41, 5.74) is -20.6. The summed E-state index contributed by atoms with van der Waals surface area (Å²) in [7, 11) is 0. The third-order valence-electron chi connectivity index (χ3n) is 11.1. The van der Waals surface area contributed by atoms with Crippen LogP contribution in [0.5, 0.6) is 46.0 Å². The summed E-state index contributed by atoms with van der Waals surface area (Å²) in [5.74, 6) is -27.7. The number of hydrogen-bond donors (Lipinski definition) is 18. The quantitative estimate of drug-likeness (QED) is 0.0164. The third-order valence-corrected chi connectivity index (χ3v) is 11.1. The smallest absolute Gasteiger partial charge is 0.359 e. The van der Waals surface area contributed by atoms with E-state index in [1.165, 1.54) is 0 Å². The van der Waals surface area contributed by atoms with E-state index in [9.17, 15) is 130 Å². The molecule has 0 aliphatic heterocycles. The monoisotopic (exact) mass is 1050 g/mol. The van der Waals surface area contributed by atoms with Gasteiger partial charge in [0.2, 0.25) is 22.8 Å². The highest BCUT2D eigenvalue weighted by atomic mass is 16.6. The molecule has 0 aliphatic carbocycles. The lowest BCUT2D eigenvalue weighted by atomic mass is 9.69. The van der Waals surface area contributed by atoms with E-state index in [2.05, 4.69) is 0 Å². The maximum atomic E-state index is 14.3. The Hall–Kier alpha value is -9.48. The third kappa shape index (κ3) is 11.4. The second-order valence-corrected chi connectivity index (χ2v) is 15.9. The standard InChI is InChI=1S/C48H42O27/c49-25-9-1-21(17-29(25)53)5-13-33(57)45(72,43(68)69)37(61)38(62)46(44(70)71,34(58)14-6-22-2-10-26(50)30(54)18-22)75-42(67)40(64)48(74,36(60)16-8-24-4-12-28(52)32(56)20-24)47(73,39(63)41(65)66)35(59)15-7-23-3-11-27(51)31(55)19-23/h1-20,37-40,49-56,61-64,72-74H,(H,65,66)(H,68,69)(H,70,71)/t37-,38-,39+,40-,45-,46+,47+,48+/m0/s1. The molecule has 4 aromatic rings. The van der Waals surface area contributed by atoms with Crippen molar-refractivity contribution in [3.63, 3.8) is 0 Å². The maximum Gasteiger partial charge on any atom is 0.359 e. The zero-order valence-electron chi connectivity index (χ0n) is 37.6. The van der Waals surface area contributed by atoms with Crippen molar-refractivity contribution in [1.29, 1.82) is 0 Å². The van der Waals surface area contributed by atoms with Crippen LogP contribution in [0.3, 0.4) is 0 Å². The number of aliphatic carboxylic acids is 3. The Labute approximate surface area is 417 Å². The fraction of sp³-hybridized carbons (Fsp3) is 0.167. The highest BCUT2D eigenvalue weighted by Crippen LogP contribution is 2.38. The van der Waals surface area contributed by atoms with Gasteiger partial charge in [0.05, 0.1) is 0 Å². The van der Waals surface area contributed by atoms with Crippen LogP contribution >= 0.6 is 0 Å². The van der Waals surface area contributed by atoms with Gasteiger partial charge in [0.25, 0.3) is 11.2 Å². The molecule has 0 amide bonds. The maximum absolute atomic E-state index is 14.3. The number of ketones is 4. The summed E-state index contributed by atoms with van der Waals surface area (Å²) in [6.45, 7) is 0. The van der Waals surface area contributed by atoms with Crippen molar-refractivity contribution in [1.82, 2.24) is 0 Å². The molecule has 0 bridgehead atoms. The Balaban J connectivity index is 2.02. The molecule has 4 rings (SSSR count). The number of carboxylic acids is 3. The summed E-state index contributed by atoms with van der Waals surface area (Å²) >= 11 is 0. The molecule has 18 N–H and O–H groups in total. The van der Waals surface area contributed by atoms with Gasteiger partial charge in [-0.25, -0.2) is 19.2 Å². The summed E-state index contributed by atoms with van der Waals surface area (Å²) in [5, 5.41) is 190. The number of benzene rings is 4. The average Bonchev–Trinajstić information content (AvgIpc) is 3.36. The predicted octanol–water partition coefficient (Wildman–Crippen LogP) is -2.07. The van der Waals surface area contributed by atoms with Gasteiger partial charge < -0.3 is 96.7 Å². The van der Waals surface area contributed by atoms with Crippen molar-refractivity contribution < 1.29 is 135 Å². The molecule has 0 spiro atoms. The van der Waals surface area contributed by atoms with Crippen LogP contribution in [0.2, 0.25) is 0 Å². The van der Waals surface area contributed by atoms with Gasteiger partial charge in [-0.05, 0) is 95.1 Å². The van der Waals surface area contributed by atoms with Gasteiger partial charge in [0.15, 0.2) is 69.8 Å². The van der Waals surface area contributed by atoms with E-state index in [0.717, 1.165) is 60.7 Å². The van der Waals surface area contributed by atoms with E-state index in [0.29, 0.717) is 36.4 Å². The second-order valence-electron chi connectivity index (χ2n) is 15.9. The molecule has 8 atom stereocenters. The largest absolute Gasteiger partial charge is 0.504 e. The fourth-order valence-electron chi connectivity index (χ4n) is 6.76. The molecule has 396 valence electrons. The minimum absolute atomic E-state index is 0.00149. The molecule has 0 unspecified atom stereocenters. The zero-order valence-corrected chi connectivity index (χ0v) is 37.6. The summed E-state index contributed by atoms with van der Waals surface area (Å²) in [4.78, 5) is 109. The van der Waals surface area contributed by atoms with Crippen molar-refractivity contribution >= 4 is 71.3 Å². The number of carbonyl (C=O) groups is 8. The van der Waals surface area contributed by atoms with Crippen LogP contribution in [0, 0.1) is 0 Å². The SMILES string of the molecule is O=C(O)[C@@H](O)[C@](O)(C(=O)C=Cc1ccc(O)c(O)c1)[C@@](O)(C(=O)C=Cc1ccc(O)c(O)c1)[C@@H](O)C(=O)O[C@](C(=O)O)(C(=O)C=Cc1ccc(O)c(O)c1)[C@@H](O)[C@H](O)[C@](O)(C(=O)O)C(=O)C=Cc1ccc(O)c(O)c1. The molecule has 0 saturated carbocycles. The zero-order chi connectivity index (χ0) is 56.7. The van der Waals surface area contributed by atoms with Crippen LogP contribution in [0.1, 0.15) is 22.3 Å². The van der Waals surface area contributed by atoms with E-state index in [1.807, 2.05) is 0 Å². The van der Waals surface area contributed by atoms with Gasteiger partial charge in [-0.1, -0.05) is 48.6 Å². The number of carboxylic acid groups (broad SMARTS) is 3. The van der Waals surface area contributed by atoms with Gasteiger partial charge >= 0.3 is 23.9 Å². The van der Waals surface area contributed by atoms with E-state index in [1.54, 1.807) is 0 Å². The number of aromatic hydroxyl groups is 8. The van der Waals surface area contributed by atoms with Crippen LogP contribution in [-0.4, -0.2) is 186 Å². The first-order valence-corrected chi connectivity index (χ1v) is 20.6. The normalized spacial score (nSPS) is 16.7. The first-order chi connectivity index (χ1) is 34.8. The Morgan fingerprint density at radius 3 is 1.00 bits per heavy atom. The lowest BCUT2D eigenvalue weighted by Crippen LogP contribution is -2.76. The van der Waals surface area contributed by atoms with E-state index in [4.69, 9.17) is 4.74 Å². The molecule has 0 aliphatic rings. The molecule has 0 radical (unpaired) electrons. The Morgan fingerprint density at radius 2 is 0.707 bits per heavy atom. The molecule has 27 heteroatoms. The van der Waals surface area contributed by atoms with Crippen molar-refractivity contribution in [2.75, 3.05) is 0 Å². The number of esters is 1. The highest BCUT2D eigenvalue weighted by molar-refractivity contribution is 6.18. The number of hydrogen-bond acceptors (Lipinski definition) is 24. The molecule has 0 fully saturated rings. The van der Waals surface area contributed by atoms with Crippen molar-refractivity contribution in [2.24, 2.45) is 0 Å². The van der Waals surface area contributed by atoms with Gasteiger partial charge in [0, 0.05) is 0 Å². The fourth-order valence-corrected chi connectivity index (χ4v) is 6.76. The van der Waals surface area contributed by atoms with Crippen LogP contribution < -0.4 is 0 Å². The predicted molar refractivity (Wildman–Crippen MR) is 246 cm³/mol. The summed E-state index contributed by atoms with van der Waals surface area (Å²) in [6.07, 6.45) is -13.8. The number of ether oxygens (including phenoxy) is 1. The van der Waals surface area contributed by atoms with Gasteiger partial charge in [-0.2, -0.15) is 0 Å². The number of phenols is 8. The first kappa shape index (κ1) is 58.1. The lowest BCUT2D eigenvalue weighted by Gasteiger charge is -2.44. The number of aliphatic hydroxyl groups excluding tert-OH is 4. The second kappa shape index (κ2) is 22.5. The Kier molecular flexibility index (Phi) is 17.4. The lowest BCUT2D eigenvalue weighted by molar-refractivity contribution is -0.240. The number of aliphatic hydroxyl groups is 7. The Morgan fingerprint density at radius 1 is 0.400 bits per heavy atom. The number of rotatable bonds is 23. The molecular formula is C48H42O27. The number of phenolic OH excluding ortho intramolecular Hbond substituents is 8. The molecule has 75 heavy (non-hydrogen) atoms. The first-order valence-electron chi connectivity index (χ1n) is 20.6. The Bertz CT molecular complexity index is 3080. The van der Waals surface area contributed by atoms with Gasteiger partial charge in [0.1, 0.15) is 12.2 Å². The molecule has 0 heterocycles. The van der Waals surface area contributed by atoms with Crippen molar-refractivity contribution in [3.8, 4) is 46.0 Å². The van der Waals surface area contributed by atoms with Crippen molar-refractivity contribution in [2.45, 2.75) is 46.8 Å². The minimum Gasteiger partial charge on any atom is -0.504 e.